The molecule has 0 unspecified atom stereocenters. The molecule has 3 nitrogen and oxygen atoms in total. The van der Waals surface area contributed by atoms with Crippen molar-refractivity contribution in [1.82, 2.24) is 9.59 Å². The molecule has 0 atom stereocenters. The quantitative estimate of drug-likeness (QED) is 0.732. The first kappa shape index (κ1) is 9.92. The number of benzene rings is 1. The smallest absolute Gasteiger partial charge is 0.206 e. The summed E-state index contributed by atoms with van der Waals surface area (Å²) in [6, 6.07) is 4.14. The number of hydrogen-bond donors (Lipinski definition) is 0. The first-order valence-electron chi connectivity index (χ1n) is 4.26. The molecule has 0 aliphatic heterocycles. The lowest BCUT2D eigenvalue weighted by molar-refractivity contribution is 0.104. The van der Waals surface area contributed by atoms with E-state index in [9.17, 15) is 9.18 Å². The van der Waals surface area contributed by atoms with E-state index in [0.29, 0.717) is 10.4 Å². The summed E-state index contributed by atoms with van der Waals surface area (Å²) >= 11 is 1.01. The number of aryl methyl sites for hydroxylation is 1. The van der Waals surface area contributed by atoms with Gasteiger partial charge in [0.15, 0.2) is 0 Å². The summed E-state index contributed by atoms with van der Waals surface area (Å²) in [6.07, 6.45) is 1.39. The topological polar surface area (TPSA) is 42.9 Å². The monoisotopic (exact) mass is 222 g/mol. The number of halogens is 1. The number of aromatic nitrogens is 2. The van der Waals surface area contributed by atoms with Gasteiger partial charge in [-0.2, -0.15) is 0 Å². The van der Waals surface area contributed by atoms with Crippen LogP contribution in [0.2, 0.25) is 0 Å². The molecule has 76 valence electrons. The zero-order chi connectivity index (χ0) is 10.8. The molecule has 0 saturated heterocycles. The molecule has 1 heterocycles. The molecule has 1 aromatic heterocycles. The van der Waals surface area contributed by atoms with E-state index in [1.54, 1.807) is 13.0 Å². The number of hydrogen-bond acceptors (Lipinski definition) is 4. The van der Waals surface area contributed by atoms with Crippen LogP contribution in [-0.2, 0) is 0 Å². The van der Waals surface area contributed by atoms with Crippen molar-refractivity contribution in [2.45, 2.75) is 6.92 Å². The van der Waals surface area contributed by atoms with E-state index >= 15 is 0 Å². The fourth-order valence-electron chi connectivity index (χ4n) is 1.24. The van der Waals surface area contributed by atoms with Gasteiger partial charge in [-0.3, -0.25) is 4.79 Å². The van der Waals surface area contributed by atoms with Gasteiger partial charge >= 0.3 is 0 Å². The summed E-state index contributed by atoms with van der Waals surface area (Å²) in [5.74, 6) is -0.650. The van der Waals surface area contributed by atoms with Crippen LogP contribution in [-0.4, -0.2) is 15.4 Å². The maximum absolute atomic E-state index is 13.0. The average Bonchev–Trinajstić information content (AvgIpc) is 2.74. The lowest BCUT2D eigenvalue weighted by Crippen LogP contribution is -2.02. The van der Waals surface area contributed by atoms with Gasteiger partial charge in [-0.25, -0.2) is 4.39 Å². The Kier molecular flexibility index (Phi) is 2.55. The first-order valence-corrected chi connectivity index (χ1v) is 5.04. The SMILES string of the molecule is Cc1ccc(F)cc1C(=O)c1cnns1. The highest BCUT2D eigenvalue weighted by Gasteiger charge is 2.14. The van der Waals surface area contributed by atoms with Crippen LogP contribution in [0.15, 0.2) is 24.4 Å². The van der Waals surface area contributed by atoms with Crippen molar-refractivity contribution in [1.29, 1.82) is 0 Å². The summed E-state index contributed by atoms with van der Waals surface area (Å²) in [7, 11) is 0. The van der Waals surface area contributed by atoms with Gasteiger partial charge in [0.25, 0.3) is 0 Å². The Labute approximate surface area is 89.7 Å². The third-order valence-corrected chi connectivity index (χ3v) is 2.69. The molecule has 0 aliphatic rings. The highest BCUT2D eigenvalue weighted by molar-refractivity contribution is 7.08. The van der Waals surface area contributed by atoms with Gasteiger partial charge in [0.05, 0.1) is 6.20 Å². The largest absolute Gasteiger partial charge is 0.288 e. The molecule has 0 radical (unpaired) electrons. The first-order chi connectivity index (χ1) is 7.18. The van der Waals surface area contributed by atoms with Crippen molar-refractivity contribution in [3.63, 3.8) is 0 Å². The highest BCUT2D eigenvalue weighted by Crippen LogP contribution is 2.16. The molecule has 2 rings (SSSR count). The standard InChI is InChI=1S/C10H7FN2OS/c1-6-2-3-7(11)4-8(6)10(14)9-5-12-13-15-9/h2-5H,1H3. The Bertz CT molecular complexity index is 496. The molecule has 0 N–H and O–H groups in total. The van der Waals surface area contributed by atoms with E-state index in [0.717, 1.165) is 17.1 Å². The summed E-state index contributed by atoms with van der Waals surface area (Å²) in [5, 5.41) is 3.57. The van der Waals surface area contributed by atoms with Gasteiger partial charge in [0.2, 0.25) is 5.78 Å². The lowest BCUT2D eigenvalue weighted by atomic mass is 10.0. The Balaban J connectivity index is 2.46. The average molecular weight is 222 g/mol. The zero-order valence-corrected chi connectivity index (χ0v) is 8.71. The Morgan fingerprint density at radius 2 is 2.27 bits per heavy atom. The van der Waals surface area contributed by atoms with Crippen molar-refractivity contribution >= 4 is 17.3 Å². The van der Waals surface area contributed by atoms with Crippen LogP contribution in [0.25, 0.3) is 0 Å². The predicted molar refractivity (Wildman–Crippen MR) is 54.5 cm³/mol. The molecule has 2 aromatic rings. The summed E-state index contributed by atoms with van der Waals surface area (Å²) in [5.41, 5.74) is 1.11. The van der Waals surface area contributed by atoms with E-state index in [1.165, 1.54) is 18.3 Å². The van der Waals surface area contributed by atoms with Gasteiger partial charge in [-0.1, -0.05) is 10.6 Å². The van der Waals surface area contributed by atoms with Crippen molar-refractivity contribution in [3.8, 4) is 0 Å². The molecule has 15 heavy (non-hydrogen) atoms. The van der Waals surface area contributed by atoms with Crippen LogP contribution in [0.1, 0.15) is 20.8 Å². The van der Waals surface area contributed by atoms with E-state index in [-0.39, 0.29) is 5.78 Å². The molecule has 0 bridgehead atoms. The minimum atomic E-state index is -0.415. The Hall–Kier alpha value is -1.62. The van der Waals surface area contributed by atoms with Gasteiger partial charge in [-0.05, 0) is 36.2 Å². The highest BCUT2D eigenvalue weighted by atomic mass is 32.1. The minimum absolute atomic E-state index is 0.234. The van der Waals surface area contributed by atoms with Crippen LogP contribution in [0.4, 0.5) is 4.39 Å². The molecular formula is C10H7FN2OS. The molecule has 1 aromatic carbocycles. The Morgan fingerprint density at radius 3 is 2.93 bits per heavy atom. The zero-order valence-electron chi connectivity index (χ0n) is 7.90. The van der Waals surface area contributed by atoms with Gasteiger partial charge in [0.1, 0.15) is 10.7 Å². The lowest BCUT2D eigenvalue weighted by Gasteiger charge is -2.01. The molecule has 0 saturated carbocycles. The second-order valence-corrected chi connectivity index (χ2v) is 3.86. The van der Waals surface area contributed by atoms with E-state index in [1.807, 2.05) is 0 Å². The van der Waals surface area contributed by atoms with Crippen molar-refractivity contribution in [2.75, 3.05) is 0 Å². The molecule has 5 heteroatoms. The summed E-state index contributed by atoms with van der Waals surface area (Å²) in [4.78, 5) is 12.3. The number of nitrogens with zero attached hydrogens (tertiary/aromatic N) is 2. The Morgan fingerprint density at radius 1 is 1.47 bits per heavy atom. The van der Waals surface area contributed by atoms with Crippen molar-refractivity contribution < 1.29 is 9.18 Å². The maximum Gasteiger partial charge on any atom is 0.206 e. The van der Waals surface area contributed by atoms with Crippen LogP contribution >= 0.6 is 11.5 Å². The van der Waals surface area contributed by atoms with Crippen LogP contribution in [0.3, 0.4) is 0 Å². The van der Waals surface area contributed by atoms with Crippen LogP contribution in [0.5, 0.6) is 0 Å². The van der Waals surface area contributed by atoms with Crippen molar-refractivity contribution in [3.05, 3.63) is 46.2 Å². The number of ketones is 1. The fraction of sp³-hybridized carbons (Fsp3) is 0.100. The van der Waals surface area contributed by atoms with E-state index < -0.39 is 5.82 Å². The molecule has 0 fully saturated rings. The number of rotatable bonds is 2. The third-order valence-electron chi connectivity index (χ3n) is 2.03. The van der Waals surface area contributed by atoms with Crippen LogP contribution < -0.4 is 0 Å². The summed E-state index contributed by atoms with van der Waals surface area (Å²) in [6.45, 7) is 1.77. The van der Waals surface area contributed by atoms with E-state index in [2.05, 4.69) is 9.59 Å². The van der Waals surface area contributed by atoms with E-state index in [4.69, 9.17) is 0 Å². The number of carbonyl (C=O) groups is 1. The normalized spacial score (nSPS) is 10.3. The summed E-state index contributed by atoms with van der Waals surface area (Å²) < 4.78 is 16.6. The second-order valence-electron chi connectivity index (χ2n) is 3.07. The molecule has 0 amide bonds. The van der Waals surface area contributed by atoms with Crippen LogP contribution in [0, 0.1) is 12.7 Å². The third kappa shape index (κ3) is 1.92. The maximum atomic E-state index is 13.0. The van der Waals surface area contributed by atoms with Gasteiger partial charge in [0, 0.05) is 5.56 Å². The predicted octanol–water partition coefficient (Wildman–Crippen LogP) is 2.22. The van der Waals surface area contributed by atoms with Gasteiger partial charge < -0.3 is 0 Å². The van der Waals surface area contributed by atoms with Crippen molar-refractivity contribution in [2.24, 2.45) is 0 Å². The molecule has 0 spiro atoms. The molecule has 0 aliphatic carbocycles. The fourth-order valence-corrected chi connectivity index (χ4v) is 1.71. The van der Waals surface area contributed by atoms with Gasteiger partial charge in [-0.15, -0.1) is 5.10 Å². The second kappa shape index (κ2) is 3.86. The molecular weight excluding hydrogens is 215 g/mol. The number of carbonyl (C=O) groups excluding carboxylic acids is 1. The minimum Gasteiger partial charge on any atom is -0.288 e.